The fourth-order valence-corrected chi connectivity index (χ4v) is 1.39. The lowest BCUT2D eigenvalue weighted by molar-refractivity contribution is 0.501. The second kappa shape index (κ2) is 5.23. The summed E-state index contributed by atoms with van der Waals surface area (Å²) in [5.41, 5.74) is 2.31. The van der Waals surface area contributed by atoms with E-state index in [1.54, 1.807) is 0 Å². The van der Waals surface area contributed by atoms with Crippen LogP contribution in [-0.4, -0.2) is 11.4 Å². The first-order chi connectivity index (χ1) is 7.83. The van der Waals surface area contributed by atoms with Gasteiger partial charge in [-0.15, -0.1) is 0 Å². The Morgan fingerprint density at radius 1 is 1.35 bits per heavy atom. The summed E-state index contributed by atoms with van der Waals surface area (Å²) in [5, 5.41) is 0. The number of nitrogens with zero attached hydrogens (tertiary/aromatic N) is 1. The number of halogens is 2. The molecule has 3 N–H and O–H groups in total. The van der Waals surface area contributed by atoms with Gasteiger partial charge in [-0.25, -0.2) is 14.6 Å². The average molecular weight is 241 g/mol. The fraction of sp³-hybridized carbons (Fsp3) is 0.417. The third-order valence-electron chi connectivity index (χ3n) is 2.03. The summed E-state index contributed by atoms with van der Waals surface area (Å²) in [6.45, 7) is 5.69. The lowest BCUT2D eigenvalue weighted by Crippen LogP contribution is -2.34. The van der Waals surface area contributed by atoms with Crippen LogP contribution < -0.4 is 11.3 Å². The molecule has 0 aliphatic heterocycles. The van der Waals surface area contributed by atoms with E-state index in [1.165, 1.54) is 12.1 Å². The van der Waals surface area contributed by atoms with Gasteiger partial charge in [-0.05, 0) is 32.4 Å². The number of rotatable bonds is 2. The summed E-state index contributed by atoms with van der Waals surface area (Å²) in [6.07, 6.45) is 0.136. The zero-order chi connectivity index (χ0) is 13.1. The third kappa shape index (κ3) is 4.11. The molecular weight excluding hydrogens is 224 g/mol. The highest BCUT2D eigenvalue weighted by molar-refractivity contribution is 5.84. The molecule has 0 saturated heterocycles. The zero-order valence-electron chi connectivity index (χ0n) is 10.2. The Morgan fingerprint density at radius 2 is 2.00 bits per heavy atom. The number of nitrogens with two attached hydrogens (primary N) is 1. The van der Waals surface area contributed by atoms with Crippen molar-refractivity contribution in [2.45, 2.75) is 32.7 Å². The van der Waals surface area contributed by atoms with E-state index >= 15 is 0 Å². The number of hydrogen-bond acceptors (Lipinski definition) is 2. The molecule has 0 unspecified atom stereocenters. The first-order valence-corrected chi connectivity index (χ1v) is 5.31. The number of aliphatic imine (C=N–C) groups is 1. The van der Waals surface area contributed by atoms with E-state index in [-0.39, 0.29) is 17.5 Å². The number of hydrogen-bond donors (Lipinski definition) is 2. The summed E-state index contributed by atoms with van der Waals surface area (Å²) in [7, 11) is 0. The summed E-state index contributed by atoms with van der Waals surface area (Å²) in [6, 6.07) is 4.04. The van der Waals surface area contributed by atoms with Crippen LogP contribution in [0.1, 0.15) is 26.3 Å². The minimum Gasteiger partial charge on any atom is -0.312 e. The molecule has 3 nitrogen and oxygen atoms in total. The molecule has 0 amide bonds. The van der Waals surface area contributed by atoms with Crippen LogP contribution in [0.5, 0.6) is 0 Å². The molecule has 0 saturated carbocycles. The van der Waals surface area contributed by atoms with E-state index in [0.717, 1.165) is 6.07 Å². The van der Waals surface area contributed by atoms with Gasteiger partial charge >= 0.3 is 0 Å². The molecule has 0 fully saturated rings. The number of benzene rings is 1. The van der Waals surface area contributed by atoms with Crippen LogP contribution in [0, 0.1) is 11.6 Å². The van der Waals surface area contributed by atoms with E-state index in [0.29, 0.717) is 5.84 Å². The third-order valence-corrected chi connectivity index (χ3v) is 2.03. The minimum absolute atomic E-state index is 0.136. The molecule has 94 valence electrons. The number of hydrazine groups is 1. The van der Waals surface area contributed by atoms with Crippen molar-refractivity contribution in [3.8, 4) is 0 Å². The Kier molecular flexibility index (Phi) is 4.17. The predicted molar refractivity (Wildman–Crippen MR) is 64.6 cm³/mol. The van der Waals surface area contributed by atoms with Crippen LogP contribution in [0.2, 0.25) is 0 Å². The highest BCUT2D eigenvalue weighted by Gasteiger charge is 2.13. The zero-order valence-corrected chi connectivity index (χ0v) is 10.2. The molecule has 0 aromatic heterocycles. The first-order valence-electron chi connectivity index (χ1n) is 5.31. The lowest BCUT2D eigenvalue weighted by atomic mass is 10.1. The molecule has 1 aromatic carbocycles. The Labute approximate surface area is 99.7 Å². The van der Waals surface area contributed by atoms with Crippen LogP contribution in [0.4, 0.5) is 8.78 Å². The highest BCUT2D eigenvalue weighted by atomic mass is 19.2. The predicted octanol–water partition coefficient (Wildman–Crippen LogP) is 2.17. The Balaban J connectivity index is 2.96. The van der Waals surface area contributed by atoms with Gasteiger partial charge in [0.15, 0.2) is 11.6 Å². The molecule has 17 heavy (non-hydrogen) atoms. The Bertz CT molecular complexity index is 422. The lowest BCUT2D eigenvalue weighted by Gasteiger charge is -2.16. The van der Waals surface area contributed by atoms with Crippen molar-refractivity contribution in [1.29, 1.82) is 0 Å². The van der Waals surface area contributed by atoms with Crippen molar-refractivity contribution in [1.82, 2.24) is 5.43 Å². The maximum absolute atomic E-state index is 13.4. The molecule has 0 aliphatic rings. The van der Waals surface area contributed by atoms with Crippen LogP contribution in [-0.2, 0) is 6.42 Å². The minimum atomic E-state index is -0.866. The molecule has 0 atom stereocenters. The normalized spacial score (nSPS) is 12.7. The molecule has 0 bridgehead atoms. The topological polar surface area (TPSA) is 50.4 Å². The first kappa shape index (κ1) is 13.6. The van der Waals surface area contributed by atoms with Gasteiger partial charge in [-0.2, -0.15) is 0 Å². The maximum Gasteiger partial charge on any atom is 0.162 e. The van der Waals surface area contributed by atoms with Gasteiger partial charge in [0.05, 0.1) is 5.54 Å². The molecule has 1 aromatic rings. The van der Waals surface area contributed by atoms with Crippen LogP contribution in [0.3, 0.4) is 0 Å². The van der Waals surface area contributed by atoms with E-state index in [4.69, 9.17) is 5.84 Å². The number of nitrogens with one attached hydrogen (secondary N) is 1. The monoisotopic (exact) mass is 241 g/mol. The van der Waals surface area contributed by atoms with E-state index in [1.807, 2.05) is 20.8 Å². The van der Waals surface area contributed by atoms with Gasteiger partial charge in [0, 0.05) is 6.42 Å². The molecule has 1 rings (SSSR count). The van der Waals surface area contributed by atoms with Crippen LogP contribution >= 0.6 is 0 Å². The molecular formula is C12H17F2N3. The SMILES string of the molecule is CC(C)(C)N=C(Cc1cccc(F)c1F)NN. The van der Waals surface area contributed by atoms with Crippen molar-refractivity contribution in [2.75, 3.05) is 0 Å². The Morgan fingerprint density at radius 3 is 2.53 bits per heavy atom. The number of amidine groups is 1. The van der Waals surface area contributed by atoms with Gasteiger partial charge < -0.3 is 5.43 Å². The van der Waals surface area contributed by atoms with Gasteiger partial charge in [-0.1, -0.05) is 12.1 Å². The Hall–Kier alpha value is -1.49. The molecule has 0 radical (unpaired) electrons. The van der Waals surface area contributed by atoms with Crippen molar-refractivity contribution < 1.29 is 8.78 Å². The van der Waals surface area contributed by atoms with Gasteiger partial charge in [-0.3, -0.25) is 4.99 Å². The van der Waals surface area contributed by atoms with Gasteiger partial charge in [0.1, 0.15) is 5.84 Å². The van der Waals surface area contributed by atoms with Crippen molar-refractivity contribution >= 4 is 5.84 Å². The second-order valence-electron chi connectivity index (χ2n) is 4.76. The van der Waals surface area contributed by atoms with Gasteiger partial charge in [0.2, 0.25) is 0 Å². The summed E-state index contributed by atoms with van der Waals surface area (Å²) >= 11 is 0. The fourth-order valence-electron chi connectivity index (χ4n) is 1.39. The van der Waals surface area contributed by atoms with Crippen LogP contribution in [0.15, 0.2) is 23.2 Å². The second-order valence-corrected chi connectivity index (χ2v) is 4.76. The van der Waals surface area contributed by atoms with Crippen molar-refractivity contribution in [2.24, 2.45) is 10.8 Å². The molecule has 0 heterocycles. The molecule has 5 heteroatoms. The smallest absolute Gasteiger partial charge is 0.162 e. The average Bonchev–Trinajstić information content (AvgIpc) is 2.21. The van der Waals surface area contributed by atoms with Crippen molar-refractivity contribution in [3.05, 3.63) is 35.4 Å². The highest BCUT2D eigenvalue weighted by Crippen LogP contribution is 2.13. The maximum atomic E-state index is 13.4. The van der Waals surface area contributed by atoms with E-state index in [9.17, 15) is 8.78 Å². The largest absolute Gasteiger partial charge is 0.312 e. The van der Waals surface area contributed by atoms with Crippen molar-refractivity contribution in [3.63, 3.8) is 0 Å². The van der Waals surface area contributed by atoms with E-state index in [2.05, 4.69) is 10.4 Å². The van der Waals surface area contributed by atoms with Gasteiger partial charge in [0.25, 0.3) is 0 Å². The van der Waals surface area contributed by atoms with Crippen LogP contribution in [0.25, 0.3) is 0 Å². The standard InChI is InChI=1S/C12H17F2N3/c1-12(2,3)16-10(17-15)7-8-5-4-6-9(13)11(8)14/h4-6H,7,15H2,1-3H3,(H,16,17). The quantitative estimate of drug-likeness (QED) is 0.361. The summed E-state index contributed by atoms with van der Waals surface area (Å²) < 4.78 is 26.4. The molecule has 0 aliphatic carbocycles. The summed E-state index contributed by atoms with van der Waals surface area (Å²) in [4.78, 5) is 4.28. The summed E-state index contributed by atoms with van der Waals surface area (Å²) in [5.74, 6) is 4.01. The molecule has 0 spiro atoms. The van der Waals surface area contributed by atoms with E-state index < -0.39 is 11.6 Å².